The van der Waals surface area contributed by atoms with Gasteiger partial charge in [-0.1, -0.05) is 18.6 Å². The first-order valence-electron chi connectivity index (χ1n) is 6.44. The number of hydrogen-bond acceptors (Lipinski definition) is 3. The number of rotatable bonds is 4. The molecule has 0 heterocycles. The second kappa shape index (κ2) is 6.03. The molecule has 0 aliphatic heterocycles. The third kappa shape index (κ3) is 3.45. The van der Waals surface area contributed by atoms with Gasteiger partial charge in [-0.25, -0.2) is 0 Å². The highest BCUT2D eigenvalue weighted by Crippen LogP contribution is 2.24. The number of aliphatic hydroxyl groups excluding tert-OH is 1. The minimum Gasteiger partial charge on any atom is -0.490 e. The lowest BCUT2D eigenvalue weighted by atomic mass is 9.98. The molecular formula is C14H21NO2. The van der Waals surface area contributed by atoms with E-state index in [4.69, 9.17) is 10.5 Å². The van der Waals surface area contributed by atoms with Gasteiger partial charge in [-0.3, -0.25) is 0 Å². The van der Waals surface area contributed by atoms with Crippen LogP contribution < -0.4 is 10.5 Å². The van der Waals surface area contributed by atoms with Gasteiger partial charge in [-0.05, 0) is 43.4 Å². The highest BCUT2D eigenvalue weighted by Gasteiger charge is 2.14. The van der Waals surface area contributed by atoms with Gasteiger partial charge in [0.25, 0.3) is 0 Å². The van der Waals surface area contributed by atoms with Crippen LogP contribution in [0, 0.1) is 0 Å². The maximum atomic E-state index is 9.58. The van der Waals surface area contributed by atoms with Crippen LogP contribution in [-0.2, 0) is 0 Å². The Hall–Kier alpha value is -1.06. The van der Waals surface area contributed by atoms with E-state index in [1.54, 1.807) is 0 Å². The lowest BCUT2D eigenvalue weighted by Gasteiger charge is -2.23. The molecule has 1 saturated carbocycles. The van der Waals surface area contributed by atoms with Gasteiger partial charge < -0.3 is 15.6 Å². The molecule has 0 saturated heterocycles. The van der Waals surface area contributed by atoms with E-state index < -0.39 is 6.10 Å². The van der Waals surface area contributed by atoms with E-state index in [0.717, 1.165) is 24.2 Å². The van der Waals surface area contributed by atoms with Gasteiger partial charge in [-0.15, -0.1) is 0 Å². The molecule has 1 atom stereocenters. The van der Waals surface area contributed by atoms with E-state index in [0.29, 0.717) is 6.10 Å². The van der Waals surface area contributed by atoms with Gasteiger partial charge in [-0.2, -0.15) is 0 Å². The van der Waals surface area contributed by atoms with E-state index >= 15 is 0 Å². The molecule has 0 radical (unpaired) electrons. The van der Waals surface area contributed by atoms with E-state index in [1.807, 2.05) is 24.3 Å². The summed E-state index contributed by atoms with van der Waals surface area (Å²) in [7, 11) is 0. The van der Waals surface area contributed by atoms with Gasteiger partial charge in [0.2, 0.25) is 0 Å². The summed E-state index contributed by atoms with van der Waals surface area (Å²) in [5.74, 6) is 0.893. The van der Waals surface area contributed by atoms with Gasteiger partial charge in [0, 0.05) is 6.54 Å². The van der Waals surface area contributed by atoms with E-state index in [-0.39, 0.29) is 6.54 Å². The molecule has 94 valence electrons. The molecule has 3 N–H and O–H groups in total. The van der Waals surface area contributed by atoms with Crippen LogP contribution in [0.1, 0.15) is 43.8 Å². The molecule has 1 unspecified atom stereocenters. The standard InChI is InChI=1S/C14H21NO2/c15-10-14(16)11-6-8-13(9-7-11)17-12-4-2-1-3-5-12/h6-9,12,14,16H,1-5,10,15H2. The Morgan fingerprint density at radius 1 is 1.18 bits per heavy atom. The fourth-order valence-electron chi connectivity index (χ4n) is 2.28. The van der Waals surface area contributed by atoms with E-state index in [2.05, 4.69) is 0 Å². The third-order valence-corrected chi connectivity index (χ3v) is 3.34. The van der Waals surface area contributed by atoms with Gasteiger partial charge >= 0.3 is 0 Å². The van der Waals surface area contributed by atoms with Crippen LogP contribution in [0.4, 0.5) is 0 Å². The summed E-state index contributed by atoms with van der Waals surface area (Å²) >= 11 is 0. The minimum absolute atomic E-state index is 0.253. The van der Waals surface area contributed by atoms with E-state index in [9.17, 15) is 5.11 Å². The lowest BCUT2D eigenvalue weighted by Crippen LogP contribution is -2.19. The lowest BCUT2D eigenvalue weighted by molar-refractivity contribution is 0.154. The predicted octanol–water partition coefficient (Wildman–Crippen LogP) is 2.39. The minimum atomic E-state index is -0.571. The zero-order valence-electron chi connectivity index (χ0n) is 10.1. The Kier molecular flexibility index (Phi) is 4.40. The Morgan fingerprint density at radius 3 is 2.41 bits per heavy atom. The van der Waals surface area contributed by atoms with Crippen LogP contribution >= 0.6 is 0 Å². The second-order valence-corrected chi connectivity index (χ2v) is 4.70. The van der Waals surface area contributed by atoms with Crippen LogP contribution in [0.25, 0.3) is 0 Å². The molecule has 0 spiro atoms. The SMILES string of the molecule is NCC(O)c1ccc(OC2CCCCC2)cc1. The molecule has 1 fully saturated rings. The van der Waals surface area contributed by atoms with Crippen molar-refractivity contribution in [1.82, 2.24) is 0 Å². The Bertz CT molecular complexity index is 331. The Morgan fingerprint density at radius 2 is 1.82 bits per heavy atom. The molecule has 1 aliphatic rings. The van der Waals surface area contributed by atoms with E-state index in [1.165, 1.54) is 19.3 Å². The fraction of sp³-hybridized carbons (Fsp3) is 0.571. The Labute approximate surface area is 103 Å². The highest BCUT2D eigenvalue weighted by molar-refractivity contribution is 5.28. The van der Waals surface area contributed by atoms with Gasteiger partial charge in [0.1, 0.15) is 5.75 Å². The third-order valence-electron chi connectivity index (χ3n) is 3.34. The summed E-state index contributed by atoms with van der Waals surface area (Å²) in [5, 5.41) is 9.58. The smallest absolute Gasteiger partial charge is 0.119 e. The summed E-state index contributed by atoms with van der Waals surface area (Å²) in [6.07, 6.45) is 6.00. The molecule has 3 nitrogen and oxygen atoms in total. The molecule has 3 heteroatoms. The molecule has 1 aliphatic carbocycles. The van der Waals surface area contributed by atoms with Crippen LogP contribution in [0.2, 0.25) is 0 Å². The summed E-state index contributed by atoms with van der Waals surface area (Å²) in [6.45, 7) is 0.253. The Balaban J connectivity index is 1.93. The zero-order valence-corrected chi connectivity index (χ0v) is 10.1. The molecular weight excluding hydrogens is 214 g/mol. The first-order valence-corrected chi connectivity index (χ1v) is 6.44. The van der Waals surface area contributed by atoms with Crippen LogP contribution in [0.3, 0.4) is 0 Å². The number of aliphatic hydroxyl groups is 1. The molecule has 1 aromatic rings. The number of hydrogen-bond donors (Lipinski definition) is 2. The number of ether oxygens (including phenoxy) is 1. The van der Waals surface area contributed by atoms with Crippen molar-refractivity contribution in [3.05, 3.63) is 29.8 Å². The molecule has 0 bridgehead atoms. The highest BCUT2D eigenvalue weighted by atomic mass is 16.5. The number of nitrogens with two attached hydrogens (primary N) is 1. The zero-order chi connectivity index (χ0) is 12.1. The summed E-state index contributed by atoms with van der Waals surface area (Å²) < 4.78 is 5.91. The first-order chi connectivity index (χ1) is 8.29. The van der Waals surface area contributed by atoms with Crippen LogP contribution in [0.5, 0.6) is 5.75 Å². The average Bonchev–Trinajstić information content (AvgIpc) is 2.40. The van der Waals surface area contributed by atoms with Crippen molar-refractivity contribution in [2.24, 2.45) is 5.73 Å². The summed E-state index contributed by atoms with van der Waals surface area (Å²) in [6, 6.07) is 7.61. The molecule has 17 heavy (non-hydrogen) atoms. The maximum absolute atomic E-state index is 9.58. The first kappa shape index (κ1) is 12.4. The van der Waals surface area contributed by atoms with Crippen molar-refractivity contribution in [3.8, 4) is 5.75 Å². The average molecular weight is 235 g/mol. The topological polar surface area (TPSA) is 55.5 Å². The van der Waals surface area contributed by atoms with Gasteiger partial charge in [0.15, 0.2) is 0 Å². The number of benzene rings is 1. The van der Waals surface area contributed by atoms with Crippen LogP contribution in [0.15, 0.2) is 24.3 Å². The molecule has 0 amide bonds. The van der Waals surface area contributed by atoms with Crippen molar-refractivity contribution >= 4 is 0 Å². The quantitative estimate of drug-likeness (QED) is 0.842. The summed E-state index contributed by atoms with van der Waals surface area (Å²) in [5.41, 5.74) is 6.26. The largest absolute Gasteiger partial charge is 0.490 e. The fourth-order valence-corrected chi connectivity index (χ4v) is 2.28. The summed E-state index contributed by atoms with van der Waals surface area (Å²) in [4.78, 5) is 0. The second-order valence-electron chi connectivity index (χ2n) is 4.70. The monoisotopic (exact) mass is 235 g/mol. The molecule has 1 aromatic carbocycles. The maximum Gasteiger partial charge on any atom is 0.119 e. The molecule has 0 aromatic heterocycles. The predicted molar refractivity (Wildman–Crippen MR) is 68.0 cm³/mol. The van der Waals surface area contributed by atoms with Crippen LogP contribution in [-0.4, -0.2) is 17.8 Å². The van der Waals surface area contributed by atoms with Crippen molar-refractivity contribution in [2.75, 3.05) is 6.54 Å². The van der Waals surface area contributed by atoms with Gasteiger partial charge in [0.05, 0.1) is 12.2 Å². The van der Waals surface area contributed by atoms with Crippen molar-refractivity contribution in [2.45, 2.75) is 44.3 Å². The van der Waals surface area contributed by atoms with Crippen molar-refractivity contribution in [3.63, 3.8) is 0 Å². The molecule has 2 rings (SSSR count). The van der Waals surface area contributed by atoms with Crippen molar-refractivity contribution in [1.29, 1.82) is 0 Å². The normalized spacial score (nSPS) is 18.9. The van der Waals surface area contributed by atoms with Crippen molar-refractivity contribution < 1.29 is 9.84 Å².